The number of aromatic amines is 1. The molecule has 15 heteroatoms. The maximum atomic E-state index is 12.7. The lowest BCUT2D eigenvalue weighted by Crippen LogP contribution is -2.53. The molecule has 2 atom stereocenters. The molecule has 13 nitrogen and oxygen atoms in total. The predicted molar refractivity (Wildman–Crippen MR) is 199 cm³/mol. The van der Waals surface area contributed by atoms with E-state index in [4.69, 9.17) is 9.47 Å². The Labute approximate surface area is 299 Å². The average molecular weight is 734 g/mol. The Morgan fingerprint density at radius 3 is 2.38 bits per heavy atom. The number of carbonyl (C=O) groups excluding carboxylic acids is 5. The van der Waals surface area contributed by atoms with Crippen molar-refractivity contribution in [1.29, 1.82) is 0 Å². The van der Waals surface area contributed by atoms with Crippen molar-refractivity contribution in [3.05, 3.63) is 52.5 Å². The number of allylic oxidation sites excluding steroid dienone is 2. The van der Waals surface area contributed by atoms with Crippen molar-refractivity contribution < 1.29 is 33.4 Å². The molecule has 1 aromatic heterocycles. The van der Waals surface area contributed by atoms with E-state index in [1.807, 2.05) is 39.8 Å². The number of ketones is 1. The van der Waals surface area contributed by atoms with E-state index in [0.29, 0.717) is 37.6 Å². The van der Waals surface area contributed by atoms with Crippen LogP contribution in [0.1, 0.15) is 74.1 Å². The van der Waals surface area contributed by atoms with Gasteiger partial charge in [0.1, 0.15) is 30.0 Å². The van der Waals surface area contributed by atoms with Crippen LogP contribution in [0.2, 0.25) is 0 Å². The van der Waals surface area contributed by atoms with Crippen molar-refractivity contribution >= 4 is 59.1 Å². The van der Waals surface area contributed by atoms with Gasteiger partial charge in [-0.05, 0) is 121 Å². The molecule has 2 fully saturated rings. The van der Waals surface area contributed by atoms with E-state index in [0.717, 1.165) is 16.7 Å². The summed E-state index contributed by atoms with van der Waals surface area (Å²) in [6.07, 6.45) is 7.26. The van der Waals surface area contributed by atoms with Gasteiger partial charge in [0.2, 0.25) is 11.8 Å². The maximum absolute atomic E-state index is 12.7. The van der Waals surface area contributed by atoms with Crippen LogP contribution in [-0.4, -0.2) is 89.7 Å². The first-order valence-electron chi connectivity index (χ1n) is 16.7. The summed E-state index contributed by atoms with van der Waals surface area (Å²) < 4.78 is 13.0. The zero-order valence-electron chi connectivity index (χ0n) is 30.3. The molecular weight excluding hydrogens is 681 g/mol. The summed E-state index contributed by atoms with van der Waals surface area (Å²) >= 11 is 1.47. The van der Waals surface area contributed by atoms with E-state index in [9.17, 15) is 28.8 Å². The van der Waals surface area contributed by atoms with Crippen LogP contribution in [0.5, 0.6) is 5.75 Å². The van der Waals surface area contributed by atoms with Crippen LogP contribution in [0.4, 0.5) is 4.79 Å². The highest BCUT2D eigenvalue weighted by atomic mass is 32.7. The summed E-state index contributed by atoms with van der Waals surface area (Å²) in [6, 6.07) is 5.96. The lowest BCUT2D eigenvalue weighted by molar-refractivity contribution is -0.138. The van der Waals surface area contributed by atoms with Gasteiger partial charge in [-0.25, -0.2) is 4.79 Å². The summed E-state index contributed by atoms with van der Waals surface area (Å²) in [7, 11) is 1.50. The summed E-state index contributed by atoms with van der Waals surface area (Å²) in [4.78, 5) is 75.1. The number of amides is 4. The Kier molecular flexibility index (Phi) is 17.5. The fraction of sp³-hybridized carbons (Fsp3) is 0.543. The van der Waals surface area contributed by atoms with Gasteiger partial charge in [0, 0.05) is 24.5 Å². The molecule has 3 heterocycles. The number of aromatic nitrogens is 1. The third-order valence-electron chi connectivity index (χ3n) is 7.16. The van der Waals surface area contributed by atoms with Gasteiger partial charge in [0.05, 0.1) is 7.11 Å². The number of fused-ring (bicyclic) bond motifs is 1. The number of likely N-dealkylation sites (tertiary alicyclic amines) is 1. The fourth-order valence-corrected chi connectivity index (χ4v) is 7.37. The molecule has 4 amide bonds. The summed E-state index contributed by atoms with van der Waals surface area (Å²) in [5.41, 5.74) is 0.356. The lowest BCUT2D eigenvalue weighted by atomic mass is 10.1. The van der Waals surface area contributed by atoms with E-state index in [1.54, 1.807) is 52.3 Å². The molecule has 0 spiro atoms. The predicted octanol–water partition coefficient (Wildman–Crippen LogP) is 5.04. The molecule has 0 saturated carbocycles. The number of carbonyl (C=O) groups is 5. The normalized spacial score (nSPS) is 15.6. The zero-order valence-corrected chi connectivity index (χ0v) is 32.1. The first-order valence-corrected chi connectivity index (χ1v) is 19.8. The minimum Gasteiger partial charge on any atom is -0.497 e. The number of H-pyrrole nitrogens is 1. The molecule has 0 aliphatic carbocycles. The van der Waals surface area contributed by atoms with Gasteiger partial charge in [-0.3, -0.25) is 28.7 Å². The van der Waals surface area contributed by atoms with Gasteiger partial charge in [0.15, 0.2) is 5.78 Å². The van der Waals surface area contributed by atoms with Crippen molar-refractivity contribution in [1.82, 2.24) is 25.2 Å². The van der Waals surface area contributed by atoms with E-state index >= 15 is 0 Å². The number of nitrogens with one attached hydrogen (secondary N) is 4. The van der Waals surface area contributed by atoms with Crippen molar-refractivity contribution in [2.45, 2.75) is 91.8 Å². The van der Waals surface area contributed by atoms with Crippen molar-refractivity contribution in [2.24, 2.45) is 0 Å². The highest BCUT2D eigenvalue weighted by molar-refractivity contribution is 8.57. The first kappa shape index (κ1) is 42.3. The van der Waals surface area contributed by atoms with Gasteiger partial charge in [-0.2, -0.15) is 0 Å². The van der Waals surface area contributed by atoms with Crippen molar-refractivity contribution in [3.8, 4) is 5.75 Å². The maximum Gasteiger partial charge on any atom is 0.408 e. The molecule has 2 saturated heterocycles. The number of methoxy groups -OCH3 is 1. The van der Waals surface area contributed by atoms with Crippen molar-refractivity contribution in [2.75, 3.05) is 32.5 Å². The zero-order chi connectivity index (χ0) is 37.4. The fourth-order valence-electron chi connectivity index (χ4n) is 4.56. The highest BCUT2D eigenvalue weighted by Crippen LogP contribution is 2.60. The Morgan fingerprint density at radius 1 is 1.12 bits per heavy atom. The quantitative estimate of drug-likeness (QED) is 0.140. The van der Waals surface area contributed by atoms with Gasteiger partial charge < -0.3 is 30.0 Å². The molecule has 0 bridgehead atoms. The standard InChI is InChI=1S/C18H31N4O5PS.C10H9NO2.C7H12O/c1-5-12(15(24)21-29-28-9-10-28)20-16(25)13-7-6-8-22(13)14(23)11-19-17(26)27-18(2,3)4;1-13-8-2-3-9-7(6-8)4-5-11-10(9)12;1-4-7(8)5-6(2)3/h12-13H,5-11H2,1-4H3,(H,19,26)(H,20,25)(H,21,24);2-6H,1H3,(H,11,12);5H,4H2,1-3H3. The third kappa shape index (κ3) is 15.3. The average Bonchev–Trinajstić information content (AvgIpc) is 3.76. The second kappa shape index (κ2) is 20.7. The number of alkyl carbamates (subject to hydrolysis) is 1. The van der Waals surface area contributed by atoms with Crippen molar-refractivity contribution in [3.63, 3.8) is 0 Å². The van der Waals surface area contributed by atoms with Gasteiger partial charge in [-0.15, -0.1) is 0 Å². The number of hydrogen-bond acceptors (Lipinski definition) is 9. The minimum absolute atomic E-state index is 0.0693. The topological polar surface area (TPSA) is 176 Å². The number of benzene rings is 1. The minimum atomic E-state index is -0.677. The van der Waals surface area contributed by atoms with Gasteiger partial charge >= 0.3 is 6.09 Å². The number of hydrogen-bond donors (Lipinski definition) is 4. The van der Waals surface area contributed by atoms with E-state index < -0.39 is 23.8 Å². The van der Waals surface area contributed by atoms with Crippen LogP contribution in [-0.2, 0) is 23.9 Å². The molecule has 1 aromatic carbocycles. The molecule has 0 radical (unpaired) electrons. The van der Waals surface area contributed by atoms with Crippen LogP contribution < -0.4 is 25.7 Å². The van der Waals surface area contributed by atoms with E-state index in [-0.39, 0.29) is 42.7 Å². The van der Waals surface area contributed by atoms with Crippen LogP contribution in [0, 0.1) is 0 Å². The van der Waals surface area contributed by atoms with E-state index in [2.05, 4.69) is 20.3 Å². The molecule has 2 aliphatic heterocycles. The number of nitrogens with zero attached hydrogens (tertiary/aromatic N) is 1. The molecule has 4 N–H and O–H groups in total. The van der Waals surface area contributed by atoms with Crippen LogP contribution in [0.25, 0.3) is 10.8 Å². The molecule has 50 heavy (non-hydrogen) atoms. The first-order chi connectivity index (χ1) is 23.6. The molecular formula is C35H52N5O8PS. The van der Waals surface area contributed by atoms with Crippen LogP contribution >= 0.6 is 18.7 Å². The second-order valence-corrected chi connectivity index (χ2v) is 17.2. The number of rotatable bonds is 11. The SMILES string of the molecule is CCC(=O)C=C(C)C.CCC(NC(=O)C1CCCN1C(=O)CNC(=O)OC(C)(C)C)C(=O)NSP1CC1.COc1ccc2c(=O)[nH]ccc2c1. The third-order valence-corrected chi connectivity index (χ3v) is 10.7. The molecule has 2 aliphatic rings. The molecule has 4 rings (SSSR count). The monoisotopic (exact) mass is 733 g/mol. The van der Waals surface area contributed by atoms with Crippen LogP contribution in [0.3, 0.4) is 0 Å². The Bertz CT molecular complexity index is 1570. The second-order valence-electron chi connectivity index (χ2n) is 12.9. The Balaban J connectivity index is 0.000000336. The summed E-state index contributed by atoms with van der Waals surface area (Å²) in [6.45, 7) is 13.0. The lowest BCUT2D eigenvalue weighted by Gasteiger charge is -2.26. The Morgan fingerprint density at radius 2 is 1.82 bits per heavy atom. The van der Waals surface area contributed by atoms with Crippen LogP contribution in [0.15, 0.2) is 46.9 Å². The highest BCUT2D eigenvalue weighted by Gasteiger charge is 2.36. The molecule has 2 unspecified atom stereocenters. The van der Waals surface area contributed by atoms with E-state index in [1.165, 1.54) is 28.8 Å². The molecule has 276 valence electrons. The summed E-state index contributed by atoms with van der Waals surface area (Å²) in [5, 5.41) is 6.78. The largest absolute Gasteiger partial charge is 0.497 e. The number of pyridine rings is 1. The summed E-state index contributed by atoms with van der Waals surface area (Å²) in [5.74, 6) is 0.0844. The van der Waals surface area contributed by atoms with Gasteiger partial charge in [-0.1, -0.05) is 19.4 Å². The molecule has 2 aromatic rings. The van der Waals surface area contributed by atoms with Gasteiger partial charge in [0.25, 0.3) is 11.5 Å². The smallest absolute Gasteiger partial charge is 0.408 e. The Hall–Kier alpha value is -3.90. The number of ether oxygens (including phenoxy) is 2.